The van der Waals surface area contributed by atoms with E-state index in [1.165, 1.54) is 23.4 Å². The normalized spacial score (nSPS) is 17.0. The van der Waals surface area contributed by atoms with E-state index in [0.717, 1.165) is 0 Å². The minimum Gasteiger partial charge on any atom is -0.494 e. The quantitative estimate of drug-likeness (QED) is 0.681. The third-order valence-corrected chi connectivity index (χ3v) is 6.88. The fraction of sp³-hybridized carbons (Fsp3) is 0.364. The standard InChI is InChI=1S/C22H27N3O5S/c1-3-30-20-10-12-21(13-11-20)31(28,29)25-14-4-5-17(15-25)22(27)24-19-8-6-18(7-9-19)23-16(2)26/h6-13,17H,3-5,14-15H2,1-2H3,(H,23,26)(H,24,27)/t17-/m1/s1. The van der Waals surface area contributed by atoms with Crippen LogP contribution in [0.15, 0.2) is 53.4 Å². The summed E-state index contributed by atoms with van der Waals surface area (Å²) in [5, 5.41) is 5.50. The number of hydrogen-bond acceptors (Lipinski definition) is 5. The number of nitrogens with one attached hydrogen (secondary N) is 2. The molecule has 8 nitrogen and oxygen atoms in total. The van der Waals surface area contributed by atoms with E-state index in [4.69, 9.17) is 4.74 Å². The van der Waals surface area contributed by atoms with Crippen LogP contribution in [0.4, 0.5) is 11.4 Å². The molecule has 3 rings (SSSR count). The Morgan fingerprint density at radius 2 is 1.65 bits per heavy atom. The smallest absolute Gasteiger partial charge is 0.243 e. The summed E-state index contributed by atoms with van der Waals surface area (Å²) in [7, 11) is -3.69. The molecule has 31 heavy (non-hydrogen) atoms. The highest BCUT2D eigenvalue weighted by atomic mass is 32.2. The maximum Gasteiger partial charge on any atom is 0.243 e. The molecule has 1 saturated heterocycles. The second-order valence-corrected chi connectivity index (χ2v) is 9.29. The van der Waals surface area contributed by atoms with Gasteiger partial charge in [-0.3, -0.25) is 9.59 Å². The molecule has 0 unspecified atom stereocenters. The van der Waals surface area contributed by atoms with Gasteiger partial charge in [-0.1, -0.05) is 0 Å². The van der Waals surface area contributed by atoms with Gasteiger partial charge in [0.05, 0.1) is 17.4 Å². The fourth-order valence-electron chi connectivity index (χ4n) is 3.48. The number of nitrogens with zero attached hydrogens (tertiary/aromatic N) is 1. The summed E-state index contributed by atoms with van der Waals surface area (Å²) in [6, 6.07) is 13.1. The summed E-state index contributed by atoms with van der Waals surface area (Å²) in [6.07, 6.45) is 1.22. The van der Waals surface area contributed by atoms with Crippen molar-refractivity contribution < 1.29 is 22.7 Å². The van der Waals surface area contributed by atoms with Crippen LogP contribution in [0, 0.1) is 5.92 Å². The summed E-state index contributed by atoms with van der Waals surface area (Å²) < 4.78 is 32.8. The van der Waals surface area contributed by atoms with Gasteiger partial charge in [-0.15, -0.1) is 0 Å². The first kappa shape index (κ1) is 22.8. The number of rotatable bonds is 7. The Bertz CT molecular complexity index is 1020. The highest BCUT2D eigenvalue weighted by Gasteiger charge is 2.33. The lowest BCUT2D eigenvalue weighted by atomic mass is 9.98. The van der Waals surface area contributed by atoms with E-state index in [1.54, 1.807) is 36.4 Å². The molecular formula is C22H27N3O5S. The number of hydrogen-bond donors (Lipinski definition) is 2. The number of benzene rings is 2. The van der Waals surface area contributed by atoms with E-state index in [0.29, 0.717) is 43.1 Å². The maximum absolute atomic E-state index is 13.0. The molecule has 1 fully saturated rings. The monoisotopic (exact) mass is 445 g/mol. The molecule has 2 amide bonds. The second kappa shape index (κ2) is 9.93. The van der Waals surface area contributed by atoms with Crippen molar-refractivity contribution in [3.8, 4) is 5.75 Å². The third kappa shape index (κ3) is 5.83. The Morgan fingerprint density at radius 1 is 1.03 bits per heavy atom. The van der Waals surface area contributed by atoms with Crippen LogP contribution in [0.1, 0.15) is 26.7 Å². The molecule has 1 heterocycles. The fourth-order valence-corrected chi connectivity index (χ4v) is 5.01. The van der Waals surface area contributed by atoms with Gasteiger partial charge in [0.15, 0.2) is 0 Å². The molecule has 166 valence electrons. The van der Waals surface area contributed by atoms with Gasteiger partial charge in [-0.25, -0.2) is 8.42 Å². The first-order valence-electron chi connectivity index (χ1n) is 10.2. The Kier molecular flexibility index (Phi) is 7.29. The average Bonchev–Trinajstić information content (AvgIpc) is 2.75. The number of sulfonamides is 1. The Morgan fingerprint density at radius 3 is 2.23 bits per heavy atom. The summed E-state index contributed by atoms with van der Waals surface area (Å²) in [5.74, 6) is -0.227. The van der Waals surface area contributed by atoms with Crippen molar-refractivity contribution in [1.29, 1.82) is 0 Å². The van der Waals surface area contributed by atoms with Crippen LogP contribution in [0.3, 0.4) is 0 Å². The summed E-state index contributed by atoms with van der Waals surface area (Å²) in [6.45, 7) is 4.30. The number of amides is 2. The Labute approximate surface area is 182 Å². The van der Waals surface area contributed by atoms with Crippen molar-refractivity contribution in [2.24, 2.45) is 5.92 Å². The lowest BCUT2D eigenvalue weighted by molar-refractivity contribution is -0.121. The summed E-state index contributed by atoms with van der Waals surface area (Å²) in [4.78, 5) is 24.0. The number of ether oxygens (including phenoxy) is 1. The molecule has 0 aromatic heterocycles. The van der Waals surface area contributed by atoms with Crippen LogP contribution in [-0.2, 0) is 19.6 Å². The molecule has 0 radical (unpaired) electrons. The van der Waals surface area contributed by atoms with Crippen molar-refractivity contribution in [2.45, 2.75) is 31.6 Å². The minimum absolute atomic E-state index is 0.130. The molecular weight excluding hydrogens is 418 g/mol. The molecule has 1 aliphatic heterocycles. The van der Waals surface area contributed by atoms with E-state index < -0.39 is 15.9 Å². The lowest BCUT2D eigenvalue weighted by Crippen LogP contribution is -2.43. The molecule has 0 saturated carbocycles. The van der Waals surface area contributed by atoms with Crippen molar-refractivity contribution in [2.75, 3.05) is 30.3 Å². The van der Waals surface area contributed by atoms with Crippen molar-refractivity contribution >= 4 is 33.2 Å². The van der Waals surface area contributed by atoms with Gasteiger partial charge < -0.3 is 15.4 Å². The number of carbonyl (C=O) groups excluding carboxylic acids is 2. The SMILES string of the molecule is CCOc1ccc(S(=O)(=O)N2CCC[C@@H](C(=O)Nc3ccc(NC(C)=O)cc3)C2)cc1. The minimum atomic E-state index is -3.69. The zero-order valence-corrected chi connectivity index (χ0v) is 18.4. The van der Waals surface area contributed by atoms with Crippen molar-refractivity contribution in [1.82, 2.24) is 4.31 Å². The van der Waals surface area contributed by atoms with Gasteiger partial charge >= 0.3 is 0 Å². The summed E-state index contributed by atoms with van der Waals surface area (Å²) in [5.41, 5.74) is 1.22. The average molecular weight is 446 g/mol. The van der Waals surface area contributed by atoms with Crippen LogP contribution in [0.2, 0.25) is 0 Å². The summed E-state index contributed by atoms with van der Waals surface area (Å²) >= 11 is 0. The molecule has 2 aromatic carbocycles. The first-order valence-corrected chi connectivity index (χ1v) is 11.6. The topological polar surface area (TPSA) is 105 Å². The van der Waals surface area contributed by atoms with Gasteiger partial charge in [-0.2, -0.15) is 4.31 Å². The predicted molar refractivity (Wildman–Crippen MR) is 118 cm³/mol. The third-order valence-electron chi connectivity index (χ3n) is 5.00. The zero-order valence-electron chi connectivity index (χ0n) is 17.6. The molecule has 0 bridgehead atoms. The van der Waals surface area contributed by atoms with Gasteiger partial charge in [0.2, 0.25) is 21.8 Å². The second-order valence-electron chi connectivity index (χ2n) is 7.35. The van der Waals surface area contributed by atoms with Crippen LogP contribution in [0.5, 0.6) is 5.75 Å². The van der Waals surface area contributed by atoms with E-state index >= 15 is 0 Å². The highest BCUT2D eigenvalue weighted by molar-refractivity contribution is 7.89. The molecule has 1 aliphatic rings. The van der Waals surface area contributed by atoms with E-state index in [9.17, 15) is 18.0 Å². The number of anilines is 2. The van der Waals surface area contributed by atoms with Gasteiger partial charge in [0, 0.05) is 31.4 Å². The van der Waals surface area contributed by atoms with E-state index in [1.807, 2.05) is 6.92 Å². The molecule has 9 heteroatoms. The van der Waals surface area contributed by atoms with Crippen LogP contribution in [-0.4, -0.2) is 44.2 Å². The Hall–Kier alpha value is -2.91. The molecule has 2 N–H and O–H groups in total. The van der Waals surface area contributed by atoms with E-state index in [2.05, 4.69) is 10.6 Å². The van der Waals surface area contributed by atoms with Gasteiger partial charge in [0.25, 0.3) is 0 Å². The van der Waals surface area contributed by atoms with E-state index in [-0.39, 0.29) is 23.3 Å². The van der Waals surface area contributed by atoms with Gasteiger partial charge in [-0.05, 0) is 68.3 Å². The maximum atomic E-state index is 13.0. The van der Waals surface area contributed by atoms with Crippen LogP contribution >= 0.6 is 0 Å². The molecule has 0 aliphatic carbocycles. The molecule has 0 spiro atoms. The molecule has 2 aromatic rings. The van der Waals surface area contributed by atoms with Crippen molar-refractivity contribution in [3.05, 3.63) is 48.5 Å². The zero-order chi connectivity index (χ0) is 22.4. The first-order chi connectivity index (χ1) is 14.8. The van der Waals surface area contributed by atoms with Crippen LogP contribution in [0.25, 0.3) is 0 Å². The molecule has 1 atom stereocenters. The highest BCUT2D eigenvalue weighted by Crippen LogP contribution is 2.26. The van der Waals surface area contributed by atoms with Crippen molar-refractivity contribution in [3.63, 3.8) is 0 Å². The number of carbonyl (C=O) groups is 2. The van der Waals surface area contributed by atoms with Gasteiger partial charge in [0.1, 0.15) is 5.75 Å². The Balaban J connectivity index is 1.65. The lowest BCUT2D eigenvalue weighted by Gasteiger charge is -2.31. The largest absolute Gasteiger partial charge is 0.494 e. The number of piperidine rings is 1. The van der Waals surface area contributed by atoms with Crippen LogP contribution < -0.4 is 15.4 Å². The predicted octanol–water partition coefficient (Wildman–Crippen LogP) is 3.08.